The molecule has 5 heteroatoms. The van der Waals surface area contributed by atoms with Gasteiger partial charge in [0.2, 0.25) is 11.8 Å². The molecule has 90 valence electrons. The van der Waals surface area contributed by atoms with Crippen LogP contribution in [-0.2, 0) is 18.7 Å². The van der Waals surface area contributed by atoms with Gasteiger partial charge in [-0.3, -0.25) is 0 Å². The maximum absolute atomic E-state index is 5.60. The van der Waals surface area contributed by atoms with Gasteiger partial charge in [0.05, 0.1) is 5.75 Å². The maximum Gasteiger partial charge on any atom is 0.226 e. The van der Waals surface area contributed by atoms with E-state index in [1.807, 2.05) is 19.1 Å². The molecule has 2 N–H and O–H groups in total. The SMILES string of the molecule is CCc1nnc(CSc2cccc(CN)c2)o1. The molecule has 0 aliphatic carbocycles. The highest BCUT2D eigenvalue weighted by molar-refractivity contribution is 7.98. The van der Waals surface area contributed by atoms with Gasteiger partial charge in [0.15, 0.2) is 0 Å². The Labute approximate surface area is 105 Å². The third kappa shape index (κ3) is 3.31. The highest BCUT2D eigenvalue weighted by atomic mass is 32.2. The molecule has 2 rings (SSSR count). The molecule has 1 aromatic carbocycles. The van der Waals surface area contributed by atoms with Crippen LogP contribution in [0.3, 0.4) is 0 Å². The van der Waals surface area contributed by atoms with Crippen LogP contribution in [0.25, 0.3) is 0 Å². The van der Waals surface area contributed by atoms with E-state index in [9.17, 15) is 0 Å². The highest BCUT2D eigenvalue weighted by Gasteiger charge is 2.05. The van der Waals surface area contributed by atoms with Crippen LogP contribution >= 0.6 is 11.8 Å². The van der Waals surface area contributed by atoms with Gasteiger partial charge in [-0.1, -0.05) is 19.1 Å². The van der Waals surface area contributed by atoms with Gasteiger partial charge in [0.1, 0.15) is 0 Å². The van der Waals surface area contributed by atoms with E-state index in [0.717, 1.165) is 12.0 Å². The molecule has 0 amide bonds. The highest BCUT2D eigenvalue weighted by Crippen LogP contribution is 2.23. The number of benzene rings is 1. The van der Waals surface area contributed by atoms with E-state index < -0.39 is 0 Å². The van der Waals surface area contributed by atoms with Crippen molar-refractivity contribution < 1.29 is 4.42 Å². The van der Waals surface area contributed by atoms with Crippen LogP contribution < -0.4 is 5.73 Å². The van der Waals surface area contributed by atoms with E-state index in [0.29, 0.717) is 24.1 Å². The van der Waals surface area contributed by atoms with E-state index in [1.54, 1.807) is 11.8 Å². The lowest BCUT2D eigenvalue weighted by molar-refractivity contribution is 0.470. The zero-order chi connectivity index (χ0) is 12.1. The molecule has 0 bridgehead atoms. The molecule has 1 aromatic heterocycles. The van der Waals surface area contributed by atoms with Crippen LogP contribution in [0.1, 0.15) is 24.3 Å². The molecule has 0 saturated heterocycles. The molecule has 0 aliphatic heterocycles. The van der Waals surface area contributed by atoms with E-state index >= 15 is 0 Å². The topological polar surface area (TPSA) is 64.9 Å². The lowest BCUT2D eigenvalue weighted by Crippen LogP contribution is -1.95. The molecular weight excluding hydrogens is 234 g/mol. The van der Waals surface area contributed by atoms with Crippen molar-refractivity contribution in [3.8, 4) is 0 Å². The number of nitrogens with zero attached hydrogens (tertiary/aromatic N) is 2. The van der Waals surface area contributed by atoms with Gasteiger partial charge in [-0.05, 0) is 17.7 Å². The molecule has 0 radical (unpaired) electrons. The molecule has 0 aliphatic rings. The lowest BCUT2D eigenvalue weighted by atomic mass is 10.2. The fraction of sp³-hybridized carbons (Fsp3) is 0.333. The van der Waals surface area contributed by atoms with Crippen LogP contribution in [0.15, 0.2) is 33.6 Å². The molecule has 0 atom stereocenters. The zero-order valence-electron chi connectivity index (χ0n) is 9.72. The summed E-state index contributed by atoms with van der Waals surface area (Å²) in [5.74, 6) is 2.06. The van der Waals surface area contributed by atoms with Crippen molar-refractivity contribution in [1.82, 2.24) is 10.2 Å². The summed E-state index contributed by atoms with van der Waals surface area (Å²) in [6.45, 7) is 2.56. The Morgan fingerprint density at radius 3 is 2.82 bits per heavy atom. The summed E-state index contributed by atoms with van der Waals surface area (Å²) < 4.78 is 5.44. The van der Waals surface area contributed by atoms with Crippen molar-refractivity contribution in [2.24, 2.45) is 5.73 Å². The molecule has 2 aromatic rings. The summed E-state index contributed by atoms with van der Waals surface area (Å²) in [5.41, 5.74) is 6.73. The zero-order valence-corrected chi connectivity index (χ0v) is 10.5. The summed E-state index contributed by atoms with van der Waals surface area (Å²) in [4.78, 5) is 1.17. The van der Waals surface area contributed by atoms with E-state index in [4.69, 9.17) is 10.2 Å². The first-order valence-electron chi connectivity index (χ1n) is 5.55. The van der Waals surface area contributed by atoms with Crippen LogP contribution in [0.4, 0.5) is 0 Å². The second kappa shape index (κ2) is 5.84. The van der Waals surface area contributed by atoms with Crippen molar-refractivity contribution in [2.45, 2.75) is 30.5 Å². The smallest absolute Gasteiger partial charge is 0.226 e. The number of aromatic nitrogens is 2. The molecule has 1 heterocycles. The minimum atomic E-state index is 0.564. The molecule has 0 saturated carbocycles. The van der Waals surface area contributed by atoms with E-state index in [2.05, 4.69) is 22.3 Å². The van der Waals surface area contributed by atoms with Gasteiger partial charge in [-0.15, -0.1) is 22.0 Å². The van der Waals surface area contributed by atoms with Crippen molar-refractivity contribution in [3.05, 3.63) is 41.6 Å². The fourth-order valence-corrected chi connectivity index (χ4v) is 2.21. The maximum atomic E-state index is 5.60. The van der Waals surface area contributed by atoms with Crippen molar-refractivity contribution >= 4 is 11.8 Å². The summed E-state index contributed by atoms with van der Waals surface area (Å²) in [7, 11) is 0. The average molecular weight is 249 g/mol. The Morgan fingerprint density at radius 2 is 2.12 bits per heavy atom. The summed E-state index contributed by atoms with van der Waals surface area (Å²) in [6.07, 6.45) is 0.778. The van der Waals surface area contributed by atoms with Crippen LogP contribution in [0.5, 0.6) is 0 Å². The molecule has 0 unspecified atom stereocenters. The van der Waals surface area contributed by atoms with Crippen LogP contribution in [0.2, 0.25) is 0 Å². The van der Waals surface area contributed by atoms with Gasteiger partial charge < -0.3 is 10.2 Å². The summed E-state index contributed by atoms with van der Waals surface area (Å²) in [6, 6.07) is 8.17. The molecule has 4 nitrogen and oxygen atoms in total. The number of hydrogen-bond donors (Lipinski definition) is 1. The van der Waals surface area contributed by atoms with E-state index in [1.165, 1.54) is 4.90 Å². The third-order valence-corrected chi connectivity index (χ3v) is 3.29. The Hall–Kier alpha value is -1.33. The van der Waals surface area contributed by atoms with Crippen molar-refractivity contribution in [1.29, 1.82) is 0 Å². The number of rotatable bonds is 5. The average Bonchev–Trinajstić information content (AvgIpc) is 2.84. The predicted molar refractivity (Wildman–Crippen MR) is 67.6 cm³/mol. The lowest BCUT2D eigenvalue weighted by Gasteiger charge is -2.01. The van der Waals surface area contributed by atoms with Crippen LogP contribution in [-0.4, -0.2) is 10.2 Å². The predicted octanol–water partition coefficient (Wildman–Crippen LogP) is 2.38. The Bertz CT molecular complexity index is 484. The standard InChI is InChI=1S/C12H15N3OS/c1-2-11-14-15-12(16-11)8-17-10-5-3-4-9(6-10)7-13/h3-6H,2,7-8,13H2,1H3. The monoisotopic (exact) mass is 249 g/mol. The number of nitrogens with two attached hydrogens (primary N) is 1. The van der Waals surface area contributed by atoms with Crippen molar-refractivity contribution in [3.63, 3.8) is 0 Å². The molecule has 0 fully saturated rings. The summed E-state index contributed by atoms with van der Waals surface area (Å²) in [5, 5.41) is 7.91. The van der Waals surface area contributed by atoms with Gasteiger partial charge in [-0.2, -0.15) is 0 Å². The summed E-state index contributed by atoms with van der Waals surface area (Å²) >= 11 is 1.68. The largest absolute Gasteiger partial charge is 0.424 e. The minimum absolute atomic E-state index is 0.564. The van der Waals surface area contributed by atoms with Crippen molar-refractivity contribution in [2.75, 3.05) is 0 Å². The number of hydrogen-bond acceptors (Lipinski definition) is 5. The second-order valence-corrected chi connectivity index (χ2v) is 4.63. The van der Waals surface area contributed by atoms with Gasteiger partial charge in [-0.25, -0.2) is 0 Å². The number of aryl methyl sites for hydroxylation is 1. The van der Waals surface area contributed by atoms with Gasteiger partial charge >= 0.3 is 0 Å². The molecular formula is C12H15N3OS. The Balaban J connectivity index is 1.96. The quantitative estimate of drug-likeness (QED) is 0.824. The Morgan fingerprint density at radius 1 is 1.29 bits per heavy atom. The minimum Gasteiger partial charge on any atom is -0.424 e. The van der Waals surface area contributed by atoms with E-state index in [-0.39, 0.29) is 0 Å². The first-order valence-corrected chi connectivity index (χ1v) is 6.53. The Kier molecular flexibility index (Phi) is 4.17. The molecule has 0 spiro atoms. The normalized spacial score (nSPS) is 10.7. The van der Waals surface area contributed by atoms with Crippen LogP contribution in [0, 0.1) is 0 Å². The fourth-order valence-electron chi connectivity index (χ4n) is 1.40. The first kappa shape index (κ1) is 12.1. The first-order chi connectivity index (χ1) is 8.31. The van der Waals surface area contributed by atoms with Gasteiger partial charge in [0.25, 0.3) is 0 Å². The molecule has 17 heavy (non-hydrogen) atoms. The van der Waals surface area contributed by atoms with Gasteiger partial charge in [0, 0.05) is 17.9 Å². The second-order valence-electron chi connectivity index (χ2n) is 3.58. The number of thioether (sulfide) groups is 1. The third-order valence-electron chi connectivity index (χ3n) is 2.31.